The minimum atomic E-state index is -0.509. The van der Waals surface area contributed by atoms with Gasteiger partial charge < -0.3 is 21.5 Å². The van der Waals surface area contributed by atoms with E-state index in [-0.39, 0.29) is 37.4 Å². The molecule has 0 aliphatic heterocycles. The van der Waals surface area contributed by atoms with Crippen LogP contribution in [0.3, 0.4) is 0 Å². The molecule has 0 radical (unpaired) electrons. The van der Waals surface area contributed by atoms with Gasteiger partial charge >= 0.3 is 0 Å². The van der Waals surface area contributed by atoms with Crippen LogP contribution in [0.2, 0.25) is 0 Å². The van der Waals surface area contributed by atoms with Crippen molar-refractivity contribution in [2.75, 3.05) is 13.2 Å². The fourth-order valence-electron chi connectivity index (χ4n) is 2.00. The Morgan fingerprint density at radius 1 is 1.35 bits per heavy atom. The molecule has 0 saturated heterocycles. The van der Waals surface area contributed by atoms with Gasteiger partial charge in [0.2, 0.25) is 11.8 Å². The molecule has 0 aliphatic carbocycles. The molecule has 6 nitrogen and oxygen atoms in total. The summed E-state index contributed by atoms with van der Waals surface area (Å²) < 4.78 is 5.46. The van der Waals surface area contributed by atoms with Gasteiger partial charge in [-0.3, -0.25) is 9.59 Å². The zero-order chi connectivity index (χ0) is 16.4. The molecule has 2 amide bonds. The van der Waals surface area contributed by atoms with Gasteiger partial charge in [-0.05, 0) is 24.6 Å². The highest BCUT2D eigenvalue weighted by Crippen LogP contribution is 2.13. The van der Waals surface area contributed by atoms with E-state index in [1.165, 1.54) is 0 Å². The summed E-state index contributed by atoms with van der Waals surface area (Å²) in [5.41, 5.74) is 11.2. The summed E-state index contributed by atoms with van der Waals surface area (Å²) in [6, 6.07) is 6.59. The number of carbonyl (C=O) groups is 2. The van der Waals surface area contributed by atoms with E-state index in [2.05, 4.69) is 12.2 Å². The molecule has 0 spiro atoms. The van der Waals surface area contributed by atoms with E-state index < -0.39 is 5.91 Å². The van der Waals surface area contributed by atoms with Gasteiger partial charge in [0.15, 0.2) is 0 Å². The zero-order valence-corrected chi connectivity index (χ0v) is 14.2. The summed E-state index contributed by atoms with van der Waals surface area (Å²) in [5, 5.41) is 2.90. The van der Waals surface area contributed by atoms with Crippen molar-refractivity contribution in [3.8, 4) is 5.75 Å². The lowest BCUT2D eigenvalue weighted by Crippen LogP contribution is -2.40. The Kier molecular flexibility index (Phi) is 10.8. The smallest absolute Gasteiger partial charge is 0.248 e. The van der Waals surface area contributed by atoms with Crippen LogP contribution in [0.4, 0.5) is 0 Å². The van der Waals surface area contributed by atoms with Crippen molar-refractivity contribution in [2.45, 2.75) is 38.6 Å². The number of benzene rings is 1. The summed E-state index contributed by atoms with van der Waals surface area (Å²) in [7, 11) is 0. The van der Waals surface area contributed by atoms with Gasteiger partial charge in [0.1, 0.15) is 5.75 Å². The van der Waals surface area contributed by atoms with Crippen molar-refractivity contribution in [3.05, 3.63) is 29.8 Å². The lowest BCUT2D eigenvalue weighted by molar-refractivity contribution is -0.122. The number of primary amides is 1. The molecule has 0 aromatic heterocycles. The lowest BCUT2D eigenvalue weighted by atomic mass is 10.1. The third-order valence-corrected chi connectivity index (χ3v) is 3.27. The molecule has 130 valence electrons. The van der Waals surface area contributed by atoms with E-state index in [9.17, 15) is 9.59 Å². The Labute approximate surface area is 143 Å². The number of rotatable bonds is 10. The van der Waals surface area contributed by atoms with E-state index in [0.717, 1.165) is 19.3 Å². The van der Waals surface area contributed by atoms with Gasteiger partial charge in [0.05, 0.1) is 13.0 Å². The van der Waals surface area contributed by atoms with Gasteiger partial charge in [-0.1, -0.05) is 25.8 Å². The minimum absolute atomic E-state index is 0. The first-order valence-corrected chi connectivity index (χ1v) is 7.59. The lowest BCUT2D eigenvalue weighted by Gasteiger charge is -2.16. The van der Waals surface area contributed by atoms with Crippen LogP contribution in [0.1, 0.15) is 43.0 Å². The van der Waals surface area contributed by atoms with Gasteiger partial charge in [0.25, 0.3) is 0 Å². The van der Waals surface area contributed by atoms with Crippen molar-refractivity contribution >= 4 is 24.2 Å². The van der Waals surface area contributed by atoms with Gasteiger partial charge in [-0.2, -0.15) is 0 Å². The Hall–Kier alpha value is -1.79. The SMILES string of the molecule is CCCCC(CN)NC(=O)CCOc1cccc(C(N)=O)c1.Cl. The average Bonchev–Trinajstić information content (AvgIpc) is 2.51. The largest absolute Gasteiger partial charge is 0.493 e. The van der Waals surface area contributed by atoms with E-state index in [1.54, 1.807) is 24.3 Å². The summed E-state index contributed by atoms with van der Waals surface area (Å²) in [5.74, 6) is -0.0760. The number of hydrogen-bond donors (Lipinski definition) is 3. The number of carbonyl (C=O) groups excluding carboxylic acids is 2. The number of nitrogens with two attached hydrogens (primary N) is 2. The van der Waals surface area contributed by atoms with Crippen LogP contribution in [0.15, 0.2) is 24.3 Å². The first kappa shape index (κ1) is 21.2. The van der Waals surface area contributed by atoms with Crippen LogP contribution in [0.25, 0.3) is 0 Å². The number of hydrogen-bond acceptors (Lipinski definition) is 4. The molecular weight excluding hydrogens is 318 g/mol. The van der Waals surface area contributed by atoms with Crippen LogP contribution >= 0.6 is 12.4 Å². The summed E-state index contributed by atoms with van der Waals surface area (Å²) in [4.78, 5) is 22.9. The molecular formula is C16H26ClN3O3. The molecule has 0 heterocycles. The van der Waals surface area contributed by atoms with Crippen molar-refractivity contribution in [1.82, 2.24) is 5.32 Å². The number of halogens is 1. The Morgan fingerprint density at radius 3 is 2.70 bits per heavy atom. The minimum Gasteiger partial charge on any atom is -0.493 e. The maximum absolute atomic E-state index is 11.8. The summed E-state index contributed by atoms with van der Waals surface area (Å²) in [6.07, 6.45) is 3.24. The monoisotopic (exact) mass is 343 g/mol. The summed E-state index contributed by atoms with van der Waals surface area (Å²) in [6.45, 7) is 2.77. The molecule has 1 aromatic carbocycles. The maximum atomic E-state index is 11.8. The third-order valence-electron chi connectivity index (χ3n) is 3.27. The second-order valence-electron chi connectivity index (χ2n) is 5.13. The Balaban J connectivity index is 0.00000484. The number of nitrogens with one attached hydrogen (secondary N) is 1. The maximum Gasteiger partial charge on any atom is 0.248 e. The van der Waals surface area contributed by atoms with Crippen molar-refractivity contribution in [2.24, 2.45) is 11.5 Å². The van der Waals surface area contributed by atoms with E-state index in [4.69, 9.17) is 16.2 Å². The molecule has 0 fully saturated rings. The van der Waals surface area contributed by atoms with Gasteiger partial charge in [0, 0.05) is 18.2 Å². The second-order valence-corrected chi connectivity index (χ2v) is 5.13. The Morgan fingerprint density at radius 2 is 2.09 bits per heavy atom. The molecule has 1 rings (SSSR count). The first-order valence-electron chi connectivity index (χ1n) is 7.59. The molecule has 23 heavy (non-hydrogen) atoms. The summed E-state index contributed by atoms with van der Waals surface area (Å²) >= 11 is 0. The van der Waals surface area contributed by atoms with Crippen LogP contribution < -0.4 is 21.5 Å². The number of unbranched alkanes of at least 4 members (excludes halogenated alkanes) is 1. The standard InChI is InChI=1S/C16H25N3O3.ClH/c1-2-3-6-13(11-17)19-15(20)8-9-22-14-7-4-5-12(10-14)16(18)21;/h4-5,7,10,13H,2-3,6,8-9,11,17H2,1H3,(H2,18,21)(H,19,20);1H. The molecule has 1 unspecified atom stereocenters. The van der Waals surface area contributed by atoms with Crippen LogP contribution in [0, 0.1) is 0 Å². The van der Waals surface area contributed by atoms with Crippen molar-refractivity contribution in [1.29, 1.82) is 0 Å². The predicted octanol–water partition coefficient (Wildman–Crippen LogP) is 1.61. The molecule has 1 atom stereocenters. The van der Waals surface area contributed by atoms with Crippen LogP contribution in [0.5, 0.6) is 5.75 Å². The predicted molar refractivity (Wildman–Crippen MR) is 92.8 cm³/mol. The average molecular weight is 344 g/mol. The molecule has 5 N–H and O–H groups in total. The van der Waals surface area contributed by atoms with Crippen LogP contribution in [-0.2, 0) is 4.79 Å². The van der Waals surface area contributed by atoms with Crippen molar-refractivity contribution in [3.63, 3.8) is 0 Å². The highest BCUT2D eigenvalue weighted by Gasteiger charge is 2.10. The molecule has 7 heteroatoms. The molecule has 1 aromatic rings. The van der Waals surface area contributed by atoms with Gasteiger partial charge in [-0.25, -0.2) is 0 Å². The van der Waals surface area contributed by atoms with Crippen molar-refractivity contribution < 1.29 is 14.3 Å². The van der Waals surface area contributed by atoms with Crippen LogP contribution in [-0.4, -0.2) is 31.0 Å². The topological polar surface area (TPSA) is 107 Å². The highest BCUT2D eigenvalue weighted by atomic mass is 35.5. The fraction of sp³-hybridized carbons (Fsp3) is 0.500. The third kappa shape index (κ3) is 8.42. The van der Waals surface area contributed by atoms with E-state index >= 15 is 0 Å². The van der Waals surface area contributed by atoms with Gasteiger partial charge in [-0.15, -0.1) is 12.4 Å². The Bertz CT molecular complexity index is 497. The van der Waals surface area contributed by atoms with E-state index in [1.807, 2.05) is 0 Å². The molecule has 0 aliphatic rings. The number of amides is 2. The molecule has 0 saturated carbocycles. The second kappa shape index (κ2) is 11.7. The number of ether oxygens (including phenoxy) is 1. The fourth-order valence-corrected chi connectivity index (χ4v) is 2.00. The first-order chi connectivity index (χ1) is 10.6. The highest BCUT2D eigenvalue weighted by molar-refractivity contribution is 5.93. The zero-order valence-electron chi connectivity index (χ0n) is 13.4. The quantitative estimate of drug-likeness (QED) is 0.599. The van der Waals surface area contributed by atoms with E-state index in [0.29, 0.717) is 17.9 Å². The molecule has 0 bridgehead atoms. The normalized spacial score (nSPS) is 11.2.